The molecular formula is C23H18INO3S. The average Bonchev–Trinajstić information content (AvgIpc) is 2.73. The van der Waals surface area contributed by atoms with Gasteiger partial charge in [0.25, 0.3) is 10.0 Å². The van der Waals surface area contributed by atoms with Crippen molar-refractivity contribution in [2.24, 2.45) is 0 Å². The van der Waals surface area contributed by atoms with Crippen molar-refractivity contribution >= 4 is 44.1 Å². The van der Waals surface area contributed by atoms with E-state index in [2.05, 4.69) is 22.6 Å². The molecule has 0 atom stereocenters. The Morgan fingerprint density at radius 2 is 1.59 bits per heavy atom. The number of sulfonamides is 1. The molecule has 1 aliphatic rings. The van der Waals surface area contributed by atoms with Crippen molar-refractivity contribution in [3.8, 4) is 0 Å². The maximum absolute atomic E-state index is 13.4. The minimum atomic E-state index is -3.84. The fourth-order valence-electron chi connectivity index (χ4n) is 3.29. The van der Waals surface area contributed by atoms with Crippen LogP contribution in [0.1, 0.15) is 21.5 Å². The quantitative estimate of drug-likeness (QED) is 0.358. The average molecular weight is 515 g/mol. The molecular weight excluding hydrogens is 497 g/mol. The smallest absolute Gasteiger partial charge is 0.268 e. The van der Waals surface area contributed by atoms with Gasteiger partial charge in [0, 0.05) is 27.3 Å². The summed E-state index contributed by atoms with van der Waals surface area (Å²) in [6.45, 7) is 1.91. The summed E-state index contributed by atoms with van der Waals surface area (Å²) in [5, 5.41) is 0. The molecule has 4 nitrogen and oxygen atoms in total. The van der Waals surface area contributed by atoms with Gasteiger partial charge in [0.1, 0.15) is 0 Å². The zero-order valence-corrected chi connectivity index (χ0v) is 18.6. The van der Waals surface area contributed by atoms with Crippen molar-refractivity contribution in [2.45, 2.75) is 18.2 Å². The third kappa shape index (κ3) is 3.86. The second-order valence-corrected chi connectivity index (χ2v) is 9.97. The summed E-state index contributed by atoms with van der Waals surface area (Å²) in [5.41, 5.74) is 3.35. The number of anilines is 1. The van der Waals surface area contributed by atoms with Crippen molar-refractivity contribution in [1.82, 2.24) is 0 Å². The number of nitrogens with zero attached hydrogens (tertiary/aromatic N) is 1. The molecule has 1 aliphatic heterocycles. The van der Waals surface area contributed by atoms with Crippen LogP contribution in [0, 0.1) is 10.5 Å². The van der Waals surface area contributed by atoms with Gasteiger partial charge in [0.15, 0.2) is 5.78 Å². The second-order valence-electron chi connectivity index (χ2n) is 6.91. The van der Waals surface area contributed by atoms with Gasteiger partial charge in [-0.3, -0.25) is 4.79 Å². The fourth-order valence-corrected chi connectivity index (χ4v) is 5.06. The van der Waals surface area contributed by atoms with E-state index in [1.54, 1.807) is 48.5 Å². The molecule has 0 saturated carbocycles. The number of allylic oxidation sites excluding steroid dienone is 1. The number of benzene rings is 3. The lowest BCUT2D eigenvalue weighted by Gasteiger charge is -2.28. The van der Waals surface area contributed by atoms with Crippen LogP contribution in [0.2, 0.25) is 0 Å². The topological polar surface area (TPSA) is 54.5 Å². The Bertz CT molecular complexity index is 1210. The largest absolute Gasteiger partial charge is 0.289 e. The molecule has 0 N–H and O–H groups in total. The van der Waals surface area contributed by atoms with Gasteiger partial charge in [0.05, 0.1) is 10.6 Å². The van der Waals surface area contributed by atoms with Crippen molar-refractivity contribution in [3.63, 3.8) is 0 Å². The van der Waals surface area contributed by atoms with E-state index in [0.29, 0.717) is 23.2 Å². The van der Waals surface area contributed by atoms with Crippen LogP contribution in [-0.4, -0.2) is 14.2 Å². The number of Topliss-reactive ketones (excluding diaryl/α,β-unsaturated/α-hetero) is 1. The highest BCUT2D eigenvalue weighted by molar-refractivity contribution is 14.1. The lowest BCUT2D eigenvalue weighted by Crippen LogP contribution is -2.31. The molecule has 1 heterocycles. The summed E-state index contributed by atoms with van der Waals surface area (Å²) in [6.07, 6.45) is 1.86. The summed E-state index contributed by atoms with van der Waals surface area (Å²) in [5.74, 6) is -0.167. The lowest BCUT2D eigenvalue weighted by atomic mass is 9.95. The summed E-state index contributed by atoms with van der Waals surface area (Å²) < 4.78 is 29.0. The predicted molar refractivity (Wildman–Crippen MR) is 123 cm³/mol. The van der Waals surface area contributed by atoms with E-state index in [0.717, 1.165) is 14.7 Å². The number of hydrogen-bond acceptors (Lipinski definition) is 3. The van der Waals surface area contributed by atoms with Crippen LogP contribution in [0.5, 0.6) is 0 Å². The first-order chi connectivity index (χ1) is 13.9. The van der Waals surface area contributed by atoms with Gasteiger partial charge in [0.2, 0.25) is 0 Å². The minimum absolute atomic E-state index is 0.167. The molecule has 0 spiro atoms. The number of carbonyl (C=O) groups is 1. The van der Waals surface area contributed by atoms with E-state index in [4.69, 9.17) is 0 Å². The maximum atomic E-state index is 13.4. The maximum Gasteiger partial charge on any atom is 0.268 e. The molecule has 0 bridgehead atoms. The highest BCUT2D eigenvalue weighted by Crippen LogP contribution is 2.34. The number of ketones is 1. The number of carbonyl (C=O) groups excluding carboxylic acids is 1. The van der Waals surface area contributed by atoms with Crippen LogP contribution in [0.25, 0.3) is 0 Å². The van der Waals surface area contributed by atoms with Gasteiger partial charge in [-0.15, -0.1) is 0 Å². The van der Waals surface area contributed by atoms with E-state index in [9.17, 15) is 13.2 Å². The van der Waals surface area contributed by atoms with Crippen LogP contribution < -0.4 is 4.31 Å². The molecule has 4 rings (SSSR count). The Kier molecular flexibility index (Phi) is 5.31. The van der Waals surface area contributed by atoms with Gasteiger partial charge in [-0.2, -0.15) is 0 Å². The molecule has 0 saturated heterocycles. The molecule has 0 fully saturated rings. The number of fused-ring (bicyclic) bond motifs is 1. The Morgan fingerprint density at radius 3 is 2.28 bits per heavy atom. The van der Waals surface area contributed by atoms with Gasteiger partial charge in [-0.1, -0.05) is 48.0 Å². The van der Waals surface area contributed by atoms with Gasteiger partial charge in [-0.05, 0) is 65.4 Å². The zero-order valence-electron chi connectivity index (χ0n) is 15.7. The van der Waals surface area contributed by atoms with Crippen LogP contribution in [-0.2, 0) is 16.4 Å². The summed E-state index contributed by atoms with van der Waals surface area (Å²) in [6, 6.07) is 21.3. The molecule has 0 aromatic heterocycles. The summed E-state index contributed by atoms with van der Waals surface area (Å²) >= 11 is 2.18. The van der Waals surface area contributed by atoms with Crippen LogP contribution in [0.15, 0.2) is 89.5 Å². The summed E-state index contributed by atoms with van der Waals surface area (Å²) in [4.78, 5) is 13.3. The standard InChI is InChI=1S/C23H18INO3S/c1-16-6-12-21(13-7-16)29(27,28)25-15-19(14-18-4-2-3-5-22(18)25)23(26)17-8-10-20(24)11-9-17/h2-13,15H,14H2,1H3. The third-order valence-electron chi connectivity index (χ3n) is 4.86. The summed E-state index contributed by atoms with van der Waals surface area (Å²) in [7, 11) is -3.84. The number of aryl methyl sites for hydroxylation is 1. The van der Waals surface area contributed by atoms with E-state index in [-0.39, 0.29) is 10.7 Å². The third-order valence-corrected chi connectivity index (χ3v) is 7.27. The SMILES string of the molecule is Cc1ccc(S(=O)(=O)N2C=C(C(=O)c3ccc(I)cc3)Cc3ccccc32)cc1. The molecule has 29 heavy (non-hydrogen) atoms. The molecule has 0 unspecified atom stereocenters. The Labute approximate surface area is 184 Å². The molecule has 146 valence electrons. The Morgan fingerprint density at radius 1 is 0.931 bits per heavy atom. The van der Waals surface area contributed by atoms with Gasteiger partial charge >= 0.3 is 0 Å². The molecule has 0 amide bonds. The molecule has 0 radical (unpaired) electrons. The highest BCUT2D eigenvalue weighted by atomic mass is 127. The first-order valence-corrected chi connectivity index (χ1v) is 11.6. The first kappa shape index (κ1) is 19.8. The van der Waals surface area contributed by atoms with Crippen molar-refractivity contribution in [2.75, 3.05) is 4.31 Å². The lowest BCUT2D eigenvalue weighted by molar-refractivity contribution is 0.103. The zero-order chi connectivity index (χ0) is 20.6. The molecule has 0 aliphatic carbocycles. The van der Waals surface area contributed by atoms with Crippen LogP contribution >= 0.6 is 22.6 Å². The van der Waals surface area contributed by atoms with Crippen molar-refractivity contribution in [3.05, 3.63) is 105 Å². The van der Waals surface area contributed by atoms with Gasteiger partial charge in [-0.25, -0.2) is 12.7 Å². The van der Waals surface area contributed by atoms with E-state index in [1.165, 1.54) is 10.5 Å². The fraction of sp³-hybridized carbons (Fsp3) is 0.0870. The van der Waals surface area contributed by atoms with Crippen molar-refractivity contribution in [1.29, 1.82) is 0 Å². The van der Waals surface area contributed by atoms with E-state index >= 15 is 0 Å². The van der Waals surface area contributed by atoms with Crippen molar-refractivity contribution < 1.29 is 13.2 Å². The molecule has 3 aromatic carbocycles. The van der Waals surface area contributed by atoms with E-state index < -0.39 is 10.0 Å². The Balaban J connectivity index is 1.81. The monoisotopic (exact) mass is 515 g/mol. The minimum Gasteiger partial charge on any atom is -0.289 e. The van der Waals surface area contributed by atoms with Crippen LogP contribution in [0.3, 0.4) is 0 Å². The van der Waals surface area contributed by atoms with Crippen LogP contribution in [0.4, 0.5) is 5.69 Å². The number of halogens is 1. The number of hydrogen-bond donors (Lipinski definition) is 0. The molecule has 6 heteroatoms. The number of para-hydroxylation sites is 1. The highest BCUT2D eigenvalue weighted by Gasteiger charge is 2.30. The first-order valence-electron chi connectivity index (χ1n) is 9.06. The second kappa shape index (κ2) is 7.76. The normalized spacial score (nSPS) is 13.6. The number of rotatable bonds is 4. The molecule has 3 aromatic rings. The Hall–Kier alpha value is -2.45. The van der Waals surface area contributed by atoms with Gasteiger partial charge < -0.3 is 0 Å². The predicted octanol–water partition coefficient (Wildman–Crippen LogP) is 5.12. The van der Waals surface area contributed by atoms with E-state index in [1.807, 2.05) is 31.2 Å².